The number of rotatable bonds is 4. The Labute approximate surface area is 113 Å². The molecule has 0 aliphatic heterocycles. The van der Waals surface area contributed by atoms with Crippen molar-refractivity contribution >= 4 is 16.0 Å². The van der Waals surface area contributed by atoms with E-state index in [0.717, 1.165) is 6.20 Å². The molecule has 9 nitrogen and oxygen atoms in total. The van der Waals surface area contributed by atoms with E-state index in [1.807, 2.05) is 4.98 Å². The van der Waals surface area contributed by atoms with E-state index in [9.17, 15) is 22.8 Å². The number of sulfonamides is 1. The van der Waals surface area contributed by atoms with E-state index in [1.165, 1.54) is 0 Å². The second-order valence-electron chi connectivity index (χ2n) is 4.60. The maximum atomic E-state index is 12.0. The highest BCUT2D eigenvalue weighted by Crippen LogP contribution is 2.26. The van der Waals surface area contributed by atoms with Gasteiger partial charge in [-0.05, 0) is 19.3 Å². The fourth-order valence-corrected chi connectivity index (χ4v) is 3.48. The molecule has 20 heavy (non-hydrogen) atoms. The zero-order valence-corrected chi connectivity index (χ0v) is 11.1. The van der Waals surface area contributed by atoms with Crippen LogP contribution in [0.2, 0.25) is 0 Å². The third-order valence-corrected chi connectivity index (χ3v) is 4.70. The molecule has 1 aliphatic rings. The molecule has 0 aromatic carbocycles. The van der Waals surface area contributed by atoms with Gasteiger partial charge in [0, 0.05) is 12.2 Å². The number of aromatic nitrogens is 2. The number of H-pyrrole nitrogens is 2. The first kappa shape index (κ1) is 14.5. The predicted octanol–water partition coefficient (Wildman–Crippen LogP) is -1.41. The fraction of sp³-hybridized carbons (Fsp3) is 0.500. The average Bonchev–Trinajstić information content (AvgIpc) is 2.76. The normalized spacial score (nSPS) is 22.8. The summed E-state index contributed by atoms with van der Waals surface area (Å²) in [6.45, 7) is 0. The van der Waals surface area contributed by atoms with Crippen LogP contribution in [0.4, 0.5) is 0 Å². The fourth-order valence-electron chi connectivity index (χ4n) is 2.19. The summed E-state index contributed by atoms with van der Waals surface area (Å²) in [6, 6.07) is -0.535. The van der Waals surface area contributed by atoms with Crippen molar-refractivity contribution in [3.8, 4) is 0 Å². The minimum absolute atomic E-state index is 0.176. The Bertz CT molecular complexity index is 734. The molecule has 0 radical (unpaired) electrons. The minimum Gasteiger partial charge on any atom is -0.481 e. The number of nitrogens with one attached hydrogen (secondary N) is 3. The van der Waals surface area contributed by atoms with Gasteiger partial charge in [0.25, 0.3) is 5.56 Å². The Morgan fingerprint density at radius 1 is 1.35 bits per heavy atom. The summed E-state index contributed by atoms with van der Waals surface area (Å²) < 4.78 is 26.3. The van der Waals surface area contributed by atoms with Gasteiger partial charge in [-0.2, -0.15) is 0 Å². The van der Waals surface area contributed by atoms with Crippen LogP contribution < -0.4 is 16.0 Å². The highest BCUT2D eigenvalue weighted by Gasteiger charge is 2.33. The lowest BCUT2D eigenvalue weighted by Gasteiger charge is -2.12. The topological polar surface area (TPSA) is 149 Å². The van der Waals surface area contributed by atoms with Gasteiger partial charge in [0.1, 0.15) is 0 Å². The lowest BCUT2D eigenvalue weighted by molar-refractivity contribution is -0.141. The van der Waals surface area contributed by atoms with Crippen molar-refractivity contribution in [3.63, 3.8) is 0 Å². The Morgan fingerprint density at radius 2 is 2.05 bits per heavy atom. The first-order valence-electron chi connectivity index (χ1n) is 5.87. The maximum absolute atomic E-state index is 12.0. The maximum Gasteiger partial charge on any atom is 0.325 e. The van der Waals surface area contributed by atoms with Crippen LogP contribution in [0.1, 0.15) is 19.3 Å². The van der Waals surface area contributed by atoms with Gasteiger partial charge in [-0.25, -0.2) is 17.9 Å². The van der Waals surface area contributed by atoms with Crippen LogP contribution in [-0.4, -0.2) is 35.5 Å². The molecular formula is C10H13N3O6S. The standard InChI is InChI=1S/C10H13N3O6S/c14-8-7(4-11-10(17)12-8)20(18,19)13-6-2-1-5(3-6)9(15)16/h4-6,13H,1-3H2,(H,15,16)(H2,11,12,14,17). The Kier molecular flexibility index (Phi) is 3.77. The molecular weight excluding hydrogens is 290 g/mol. The number of carbonyl (C=O) groups is 1. The summed E-state index contributed by atoms with van der Waals surface area (Å²) in [6.07, 6.45) is 1.75. The lowest BCUT2D eigenvalue weighted by Crippen LogP contribution is -2.38. The zero-order valence-electron chi connectivity index (χ0n) is 10.3. The summed E-state index contributed by atoms with van der Waals surface area (Å²) in [4.78, 5) is 36.4. The van der Waals surface area contributed by atoms with E-state index in [-0.39, 0.29) is 6.42 Å². The number of hydrogen-bond acceptors (Lipinski definition) is 5. The summed E-state index contributed by atoms with van der Waals surface area (Å²) in [5.41, 5.74) is -1.82. The molecule has 0 saturated heterocycles. The van der Waals surface area contributed by atoms with Crippen LogP contribution in [-0.2, 0) is 14.8 Å². The zero-order chi connectivity index (χ0) is 14.9. The molecule has 1 saturated carbocycles. The number of carboxylic acids is 1. The second-order valence-corrected chi connectivity index (χ2v) is 6.29. The minimum atomic E-state index is -4.10. The van der Waals surface area contributed by atoms with Gasteiger partial charge < -0.3 is 10.1 Å². The molecule has 0 spiro atoms. The molecule has 1 aliphatic carbocycles. The van der Waals surface area contributed by atoms with Crippen LogP contribution in [0, 0.1) is 5.92 Å². The predicted molar refractivity (Wildman–Crippen MR) is 66.8 cm³/mol. The molecule has 2 rings (SSSR count). The number of aliphatic carboxylic acids is 1. The highest BCUT2D eigenvalue weighted by molar-refractivity contribution is 7.89. The van der Waals surface area contributed by atoms with Crippen LogP contribution >= 0.6 is 0 Å². The number of carboxylic acid groups (broad SMARTS) is 1. The molecule has 2 atom stereocenters. The quantitative estimate of drug-likeness (QED) is 0.537. The van der Waals surface area contributed by atoms with E-state index in [0.29, 0.717) is 12.8 Å². The van der Waals surface area contributed by atoms with E-state index in [2.05, 4.69) is 9.71 Å². The van der Waals surface area contributed by atoms with Crippen LogP contribution in [0.15, 0.2) is 20.7 Å². The van der Waals surface area contributed by atoms with E-state index < -0.39 is 44.1 Å². The summed E-state index contributed by atoms with van der Waals surface area (Å²) in [5, 5.41) is 8.85. The van der Waals surface area contributed by atoms with Crippen molar-refractivity contribution < 1.29 is 18.3 Å². The summed E-state index contributed by atoms with van der Waals surface area (Å²) >= 11 is 0. The molecule has 1 aromatic heterocycles. The summed E-state index contributed by atoms with van der Waals surface area (Å²) in [5.74, 6) is -1.55. The monoisotopic (exact) mass is 303 g/mol. The highest BCUT2D eigenvalue weighted by atomic mass is 32.2. The Morgan fingerprint density at radius 3 is 2.60 bits per heavy atom. The lowest BCUT2D eigenvalue weighted by atomic mass is 10.1. The first-order valence-corrected chi connectivity index (χ1v) is 7.35. The van der Waals surface area contributed by atoms with Crippen LogP contribution in [0.3, 0.4) is 0 Å². The largest absolute Gasteiger partial charge is 0.481 e. The van der Waals surface area contributed by atoms with Gasteiger partial charge in [0.15, 0.2) is 4.90 Å². The molecule has 0 bridgehead atoms. The number of aromatic amines is 2. The van der Waals surface area contributed by atoms with Crippen molar-refractivity contribution in [3.05, 3.63) is 27.0 Å². The van der Waals surface area contributed by atoms with E-state index in [4.69, 9.17) is 5.11 Å². The molecule has 110 valence electrons. The Balaban J connectivity index is 2.18. The van der Waals surface area contributed by atoms with Crippen LogP contribution in [0.5, 0.6) is 0 Å². The molecule has 1 fully saturated rings. The molecule has 1 heterocycles. The third-order valence-electron chi connectivity index (χ3n) is 3.18. The van der Waals surface area contributed by atoms with Crippen molar-refractivity contribution in [2.24, 2.45) is 5.92 Å². The number of hydrogen-bond donors (Lipinski definition) is 4. The third kappa shape index (κ3) is 2.96. The van der Waals surface area contributed by atoms with Gasteiger partial charge in [-0.3, -0.25) is 14.6 Å². The van der Waals surface area contributed by atoms with Gasteiger partial charge in [0.2, 0.25) is 10.0 Å². The van der Waals surface area contributed by atoms with Gasteiger partial charge >= 0.3 is 11.7 Å². The van der Waals surface area contributed by atoms with Gasteiger partial charge in [0.05, 0.1) is 5.92 Å². The van der Waals surface area contributed by atoms with Crippen molar-refractivity contribution in [1.29, 1.82) is 0 Å². The van der Waals surface area contributed by atoms with E-state index in [1.54, 1.807) is 0 Å². The van der Waals surface area contributed by atoms with Crippen molar-refractivity contribution in [2.45, 2.75) is 30.2 Å². The average molecular weight is 303 g/mol. The van der Waals surface area contributed by atoms with Crippen molar-refractivity contribution in [1.82, 2.24) is 14.7 Å². The first-order chi connectivity index (χ1) is 9.29. The van der Waals surface area contributed by atoms with E-state index >= 15 is 0 Å². The smallest absolute Gasteiger partial charge is 0.325 e. The molecule has 1 aromatic rings. The molecule has 10 heteroatoms. The van der Waals surface area contributed by atoms with Gasteiger partial charge in [-0.1, -0.05) is 0 Å². The summed E-state index contributed by atoms with van der Waals surface area (Å²) in [7, 11) is -4.10. The Hall–Kier alpha value is -1.94. The van der Waals surface area contributed by atoms with Gasteiger partial charge in [-0.15, -0.1) is 0 Å². The molecule has 2 unspecified atom stereocenters. The second kappa shape index (κ2) is 5.21. The molecule has 4 N–H and O–H groups in total. The SMILES string of the molecule is O=C(O)C1CCC(NS(=O)(=O)c2c[nH]c(=O)[nH]c2=O)C1. The van der Waals surface area contributed by atoms with Crippen LogP contribution in [0.25, 0.3) is 0 Å². The van der Waals surface area contributed by atoms with Crippen molar-refractivity contribution in [2.75, 3.05) is 0 Å². The molecule has 0 amide bonds.